The number of benzene rings is 2. The maximum atomic E-state index is 8.14. The first kappa shape index (κ1) is 14.8. The van der Waals surface area contributed by atoms with Crippen LogP contribution in [-0.2, 0) is 0 Å². The van der Waals surface area contributed by atoms with Gasteiger partial charge < -0.3 is 9.15 Å². The van der Waals surface area contributed by atoms with Crippen molar-refractivity contribution in [1.29, 1.82) is 5.41 Å². The van der Waals surface area contributed by atoms with Crippen LogP contribution < -0.4 is 21.1 Å². The quantitative estimate of drug-likeness (QED) is 0.726. The van der Waals surface area contributed by atoms with Crippen LogP contribution >= 0.6 is 0 Å². The molecule has 0 spiro atoms. The third-order valence-corrected chi connectivity index (χ3v) is 3.07. The largest absolute Gasteiger partial charge is 0.476 e. The average Bonchev–Trinajstić information content (AvgIpc) is 2.70. The molecule has 2 N–H and O–H groups in total. The lowest BCUT2D eigenvalue weighted by Crippen LogP contribution is -2.26. The lowest BCUT2D eigenvalue weighted by molar-refractivity contribution is 0.322. The minimum Gasteiger partial charge on any atom is -0.476 e. The van der Waals surface area contributed by atoms with Crippen LogP contribution in [0, 0.1) is 5.41 Å². The summed E-state index contributed by atoms with van der Waals surface area (Å²) in [5, 5.41) is 12.6. The van der Waals surface area contributed by atoms with Crippen LogP contribution in [-0.4, -0.2) is 11.6 Å². The van der Waals surface area contributed by atoms with E-state index in [2.05, 4.69) is 15.5 Å². The lowest BCUT2D eigenvalue weighted by Gasteiger charge is -2.00. The number of anilines is 1. The van der Waals surface area contributed by atoms with Gasteiger partial charge in [0, 0.05) is 0 Å². The van der Waals surface area contributed by atoms with Crippen LogP contribution in [0.15, 0.2) is 64.1 Å². The van der Waals surface area contributed by atoms with Crippen molar-refractivity contribution in [3.05, 3.63) is 65.5 Å². The van der Waals surface area contributed by atoms with Gasteiger partial charge in [0.05, 0.1) is 12.3 Å². The van der Waals surface area contributed by atoms with Crippen molar-refractivity contribution in [1.82, 2.24) is 4.98 Å². The van der Waals surface area contributed by atoms with Crippen molar-refractivity contribution < 1.29 is 9.15 Å². The predicted octanol–water partition coefficient (Wildman–Crippen LogP) is 2.63. The molecule has 6 heteroatoms. The molecule has 0 bridgehead atoms. The second-order valence-electron chi connectivity index (χ2n) is 4.69. The van der Waals surface area contributed by atoms with Gasteiger partial charge in [0.15, 0.2) is 5.58 Å². The van der Waals surface area contributed by atoms with E-state index in [-0.39, 0.29) is 16.8 Å². The lowest BCUT2D eigenvalue weighted by atomic mass is 10.3. The van der Waals surface area contributed by atoms with E-state index in [1.807, 2.05) is 49.4 Å². The molecule has 1 heterocycles. The van der Waals surface area contributed by atoms with E-state index in [9.17, 15) is 0 Å². The summed E-state index contributed by atoms with van der Waals surface area (Å²) in [4.78, 5) is 4.43. The summed E-state index contributed by atoms with van der Waals surface area (Å²) < 4.78 is 11.1. The summed E-state index contributed by atoms with van der Waals surface area (Å²) in [6.45, 7) is 2.27. The van der Waals surface area contributed by atoms with Crippen molar-refractivity contribution in [2.45, 2.75) is 6.92 Å². The molecule has 23 heavy (non-hydrogen) atoms. The molecule has 0 fully saturated rings. The highest BCUT2D eigenvalue weighted by atomic mass is 16.5. The Morgan fingerprint density at radius 2 is 1.87 bits per heavy atom. The fourth-order valence-electron chi connectivity index (χ4n) is 2.02. The number of ether oxygens (including phenoxy) is 1. The third-order valence-electron chi connectivity index (χ3n) is 3.07. The number of hydrogen-bond donors (Lipinski definition) is 2. The van der Waals surface area contributed by atoms with E-state index in [0.717, 1.165) is 5.69 Å². The first-order valence-corrected chi connectivity index (χ1v) is 7.24. The zero-order chi connectivity index (χ0) is 16.1. The molecule has 0 aliphatic heterocycles. The van der Waals surface area contributed by atoms with Crippen molar-refractivity contribution >= 4 is 16.8 Å². The van der Waals surface area contributed by atoms with Gasteiger partial charge in [-0.3, -0.25) is 10.8 Å². The molecule has 2 aromatic carbocycles. The van der Waals surface area contributed by atoms with Crippen LogP contribution in [0.4, 0.5) is 5.69 Å². The zero-order valence-corrected chi connectivity index (χ0v) is 12.6. The molecule has 0 unspecified atom stereocenters. The van der Waals surface area contributed by atoms with Gasteiger partial charge in [0.2, 0.25) is 16.8 Å². The molecule has 1 aromatic heterocycles. The van der Waals surface area contributed by atoms with E-state index in [1.165, 1.54) is 0 Å². The topological polar surface area (TPSA) is 83.5 Å². The van der Waals surface area contributed by atoms with Gasteiger partial charge in [-0.2, -0.15) is 5.10 Å². The second kappa shape index (κ2) is 6.74. The highest BCUT2D eigenvalue weighted by Crippen LogP contribution is 2.10. The molecule has 0 aliphatic rings. The van der Waals surface area contributed by atoms with Crippen LogP contribution in [0.5, 0.6) is 5.88 Å². The number of nitrogens with zero attached hydrogens (tertiary/aromatic N) is 2. The van der Waals surface area contributed by atoms with Gasteiger partial charge in [-0.1, -0.05) is 30.3 Å². The van der Waals surface area contributed by atoms with E-state index in [4.69, 9.17) is 14.6 Å². The standard InChI is InChI=1S/C17H16N4O2/c1-2-22-17-15(21-20-12-8-4-3-5-9-12)16(18)23-14-11-7-6-10-13(14)19-17/h3-11,18,20H,2H2,1H3/b18-16?,21-15-. The Balaban J connectivity index is 2.19. The van der Waals surface area contributed by atoms with Crippen molar-refractivity contribution in [3.8, 4) is 5.88 Å². The van der Waals surface area contributed by atoms with Crippen molar-refractivity contribution in [2.75, 3.05) is 12.0 Å². The predicted molar refractivity (Wildman–Crippen MR) is 86.7 cm³/mol. The molecule has 116 valence electrons. The molecule has 0 radical (unpaired) electrons. The monoisotopic (exact) mass is 308 g/mol. The summed E-state index contributed by atoms with van der Waals surface area (Å²) in [5.41, 5.74) is 4.67. The summed E-state index contributed by atoms with van der Waals surface area (Å²) >= 11 is 0. The van der Waals surface area contributed by atoms with Crippen molar-refractivity contribution in [3.63, 3.8) is 0 Å². The number of rotatable bonds is 4. The average molecular weight is 308 g/mol. The number of fused-ring (bicyclic) bond motifs is 1. The smallest absolute Gasteiger partial charge is 0.248 e. The molecule has 0 aliphatic carbocycles. The normalized spacial score (nSPS) is 11.4. The number of nitrogens with one attached hydrogen (secondary N) is 2. The highest BCUT2D eigenvalue weighted by Gasteiger charge is 2.05. The van der Waals surface area contributed by atoms with Gasteiger partial charge in [-0.25, -0.2) is 4.98 Å². The Morgan fingerprint density at radius 3 is 2.65 bits per heavy atom. The fraction of sp³-hybridized carbons (Fsp3) is 0.118. The van der Waals surface area contributed by atoms with Gasteiger partial charge >= 0.3 is 0 Å². The molecule has 6 nitrogen and oxygen atoms in total. The molecular weight excluding hydrogens is 292 g/mol. The summed E-state index contributed by atoms with van der Waals surface area (Å²) in [6, 6.07) is 16.7. The molecular formula is C17H16N4O2. The third kappa shape index (κ3) is 3.37. The zero-order valence-electron chi connectivity index (χ0n) is 12.6. The molecule has 3 rings (SSSR count). The maximum absolute atomic E-state index is 8.14. The Bertz CT molecular complexity index is 936. The first-order chi connectivity index (χ1) is 11.3. The Morgan fingerprint density at radius 1 is 1.13 bits per heavy atom. The van der Waals surface area contributed by atoms with E-state index >= 15 is 0 Å². The van der Waals surface area contributed by atoms with Crippen LogP contribution in [0.2, 0.25) is 0 Å². The van der Waals surface area contributed by atoms with Gasteiger partial charge in [-0.05, 0) is 31.2 Å². The molecule has 0 saturated heterocycles. The number of hydrogen-bond acceptors (Lipinski definition) is 6. The van der Waals surface area contributed by atoms with Gasteiger partial charge in [0.1, 0.15) is 5.52 Å². The maximum Gasteiger partial charge on any atom is 0.248 e. The number of para-hydroxylation sites is 3. The van der Waals surface area contributed by atoms with Crippen LogP contribution in [0.25, 0.3) is 11.1 Å². The highest BCUT2D eigenvalue weighted by molar-refractivity contribution is 5.71. The summed E-state index contributed by atoms with van der Waals surface area (Å²) in [7, 11) is 0. The van der Waals surface area contributed by atoms with E-state index < -0.39 is 0 Å². The summed E-state index contributed by atoms with van der Waals surface area (Å²) in [6.07, 6.45) is 0. The van der Waals surface area contributed by atoms with Crippen LogP contribution in [0.1, 0.15) is 6.92 Å². The minimum atomic E-state index is -0.120. The van der Waals surface area contributed by atoms with Crippen LogP contribution in [0.3, 0.4) is 0 Å². The SMILES string of the molecule is CCOc1nc2ccccc2oc(=N)/c1=N/Nc1ccccc1. The minimum absolute atomic E-state index is 0.120. The fourth-order valence-corrected chi connectivity index (χ4v) is 2.02. The molecule has 3 aromatic rings. The van der Waals surface area contributed by atoms with E-state index in [0.29, 0.717) is 17.7 Å². The molecule has 0 saturated carbocycles. The summed E-state index contributed by atoms with van der Waals surface area (Å²) in [5.74, 6) is 0.255. The Labute approximate surface area is 132 Å². The van der Waals surface area contributed by atoms with Gasteiger partial charge in [-0.15, -0.1) is 0 Å². The van der Waals surface area contributed by atoms with Gasteiger partial charge in [0.25, 0.3) is 0 Å². The molecule has 0 amide bonds. The second-order valence-corrected chi connectivity index (χ2v) is 4.69. The Hall–Kier alpha value is -3.15. The number of aromatic nitrogens is 1. The van der Waals surface area contributed by atoms with E-state index in [1.54, 1.807) is 12.1 Å². The first-order valence-electron chi connectivity index (χ1n) is 7.24. The van der Waals surface area contributed by atoms with Crippen molar-refractivity contribution in [2.24, 2.45) is 5.10 Å². The Kier molecular flexibility index (Phi) is 4.33. The molecule has 0 atom stereocenters.